The van der Waals surface area contributed by atoms with Gasteiger partial charge in [0.25, 0.3) is 0 Å². The Hall–Kier alpha value is -2.80. The van der Waals surface area contributed by atoms with Gasteiger partial charge in [0, 0.05) is 32.7 Å². The monoisotopic (exact) mass is 603 g/mol. The summed E-state index contributed by atoms with van der Waals surface area (Å²) in [5.74, 6) is 0. The summed E-state index contributed by atoms with van der Waals surface area (Å²) in [6, 6.07) is 50.2. The van der Waals surface area contributed by atoms with Crippen LogP contribution in [-0.2, 0) is 39.1 Å². The Labute approximate surface area is 270 Å². The van der Waals surface area contributed by atoms with Gasteiger partial charge in [-0.3, -0.25) is 0 Å². The minimum Gasteiger partial charge on any atom is -0.226 e. The summed E-state index contributed by atoms with van der Waals surface area (Å²) in [7, 11) is 0. The molecule has 40 heavy (non-hydrogen) atoms. The standard InChI is InChI=1S/C20H18.C12H8.C3H8.2C2H6.Y/c1-2-16-13-19(17-9-5-3-6-10-17)15-20(14-16)18-11-7-4-8-12-18;1-3-7-11(8-4-1)12-9-5-2-6-10-12;1-3-2;2*1-2;/h3-15H,2H2,1H3;1-7,9H;3H2,1-2H3;2*1-2H3;/q;-2;;;;. The fraction of sp³-hybridized carbons (Fsp3) is 0.231. The molecular weight excluding hydrogens is 557 g/mol. The van der Waals surface area contributed by atoms with E-state index in [2.05, 4.69) is 112 Å². The van der Waals surface area contributed by atoms with Gasteiger partial charge in [0.1, 0.15) is 0 Å². The summed E-state index contributed by atoms with van der Waals surface area (Å²) < 4.78 is 0. The van der Waals surface area contributed by atoms with Crippen LogP contribution in [0, 0.1) is 12.1 Å². The summed E-state index contributed by atoms with van der Waals surface area (Å²) >= 11 is 0. The van der Waals surface area contributed by atoms with Gasteiger partial charge >= 0.3 is 0 Å². The zero-order valence-electron chi connectivity index (χ0n) is 25.6. The summed E-state index contributed by atoms with van der Waals surface area (Å²) in [6.07, 6.45) is 2.31. The summed E-state index contributed by atoms with van der Waals surface area (Å²) in [4.78, 5) is 0. The quantitative estimate of drug-likeness (QED) is 0.179. The number of hydrogen-bond acceptors (Lipinski definition) is 0. The van der Waals surface area contributed by atoms with E-state index in [-0.39, 0.29) is 32.7 Å². The van der Waals surface area contributed by atoms with Gasteiger partial charge in [0.2, 0.25) is 0 Å². The molecule has 0 amide bonds. The molecule has 0 bridgehead atoms. The normalized spacial score (nSPS) is 8.88. The van der Waals surface area contributed by atoms with Gasteiger partial charge in [0.05, 0.1) is 0 Å². The molecule has 0 spiro atoms. The maximum absolute atomic E-state index is 3.15. The van der Waals surface area contributed by atoms with Gasteiger partial charge in [-0.1, -0.05) is 128 Å². The van der Waals surface area contributed by atoms with E-state index >= 15 is 0 Å². The van der Waals surface area contributed by atoms with Crippen molar-refractivity contribution in [3.63, 3.8) is 0 Å². The van der Waals surface area contributed by atoms with Crippen LogP contribution in [0.1, 0.15) is 60.5 Å². The Balaban J connectivity index is 0.000000652. The molecule has 207 valence electrons. The van der Waals surface area contributed by atoms with Crippen molar-refractivity contribution in [3.8, 4) is 33.4 Å². The smallest absolute Gasteiger partial charge is 0 e. The molecule has 0 aromatic heterocycles. The largest absolute Gasteiger partial charge is 0.226 e. The Morgan fingerprint density at radius 1 is 0.450 bits per heavy atom. The molecule has 0 nitrogen and oxygen atoms in total. The van der Waals surface area contributed by atoms with Crippen molar-refractivity contribution in [1.82, 2.24) is 0 Å². The third-order valence-electron chi connectivity index (χ3n) is 5.32. The predicted molar refractivity (Wildman–Crippen MR) is 175 cm³/mol. The molecule has 0 saturated heterocycles. The van der Waals surface area contributed by atoms with Crippen molar-refractivity contribution in [3.05, 3.63) is 145 Å². The van der Waals surface area contributed by atoms with Gasteiger partial charge in [-0.15, -0.1) is 12.1 Å². The van der Waals surface area contributed by atoms with Crippen molar-refractivity contribution in [2.45, 2.75) is 61.3 Å². The first-order chi connectivity index (χ1) is 19.2. The van der Waals surface area contributed by atoms with E-state index in [1.807, 2.05) is 76.2 Å². The fourth-order valence-corrected chi connectivity index (χ4v) is 3.61. The van der Waals surface area contributed by atoms with Gasteiger partial charge in [0.15, 0.2) is 0 Å². The van der Waals surface area contributed by atoms with Crippen molar-refractivity contribution in [1.29, 1.82) is 0 Å². The first kappa shape index (κ1) is 37.2. The second kappa shape index (κ2) is 24.0. The van der Waals surface area contributed by atoms with Crippen LogP contribution in [-0.4, -0.2) is 0 Å². The minimum atomic E-state index is 0. The molecule has 0 N–H and O–H groups in total. The average molecular weight is 604 g/mol. The molecule has 0 atom stereocenters. The number of rotatable bonds is 4. The molecule has 0 aliphatic rings. The van der Waals surface area contributed by atoms with Gasteiger partial charge in [-0.2, -0.15) is 48.5 Å². The molecule has 0 fully saturated rings. The Kier molecular flexibility index (Phi) is 22.4. The predicted octanol–water partition coefficient (Wildman–Crippen LogP) is 12.0. The van der Waals surface area contributed by atoms with E-state index < -0.39 is 0 Å². The van der Waals surface area contributed by atoms with E-state index in [1.165, 1.54) is 34.2 Å². The van der Waals surface area contributed by atoms with Crippen LogP contribution in [0.2, 0.25) is 0 Å². The number of aryl methyl sites for hydroxylation is 1. The fourth-order valence-electron chi connectivity index (χ4n) is 3.61. The first-order valence-electron chi connectivity index (χ1n) is 14.4. The molecule has 1 radical (unpaired) electrons. The number of benzene rings is 5. The maximum atomic E-state index is 3.15. The first-order valence-corrected chi connectivity index (χ1v) is 14.4. The second-order valence-electron chi connectivity index (χ2n) is 8.26. The van der Waals surface area contributed by atoms with Gasteiger partial charge in [-0.05, 0) is 40.3 Å². The SMILES string of the molecule is CC.CC.CCC.CCc1cc(-c2ccccc2)cc(-c2ccccc2)c1.[Y].[c-]1ccccc1-c1[c-]cccc1. The van der Waals surface area contributed by atoms with Crippen LogP contribution in [0.25, 0.3) is 33.4 Å². The van der Waals surface area contributed by atoms with Crippen molar-refractivity contribution in [2.24, 2.45) is 0 Å². The molecular formula is C39H46Y-2. The minimum absolute atomic E-state index is 0. The Bertz CT molecular complexity index is 1140. The maximum Gasteiger partial charge on any atom is 0 e. The molecule has 5 aromatic carbocycles. The molecule has 0 saturated carbocycles. The van der Waals surface area contributed by atoms with Crippen LogP contribution in [0.4, 0.5) is 0 Å². The van der Waals surface area contributed by atoms with Crippen molar-refractivity contribution >= 4 is 0 Å². The van der Waals surface area contributed by atoms with E-state index in [1.54, 1.807) is 0 Å². The molecule has 5 aromatic rings. The van der Waals surface area contributed by atoms with E-state index in [0.29, 0.717) is 0 Å². The molecule has 0 heterocycles. The van der Waals surface area contributed by atoms with Gasteiger partial charge < -0.3 is 0 Å². The second-order valence-corrected chi connectivity index (χ2v) is 8.26. The summed E-state index contributed by atoms with van der Waals surface area (Å²) in [6.45, 7) is 14.5. The Morgan fingerprint density at radius 3 is 1.10 bits per heavy atom. The topological polar surface area (TPSA) is 0 Å². The van der Waals surface area contributed by atoms with Crippen LogP contribution in [0.5, 0.6) is 0 Å². The summed E-state index contributed by atoms with van der Waals surface area (Å²) in [5, 5.41) is 0. The molecule has 0 aliphatic heterocycles. The third-order valence-corrected chi connectivity index (χ3v) is 5.32. The molecule has 1 heteroatoms. The zero-order valence-corrected chi connectivity index (χ0v) is 28.5. The van der Waals surface area contributed by atoms with E-state index in [9.17, 15) is 0 Å². The van der Waals surface area contributed by atoms with E-state index in [4.69, 9.17) is 0 Å². The summed E-state index contributed by atoms with van der Waals surface area (Å²) in [5.41, 5.74) is 8.72. The van der Waals surface area contributed by atoms with Crippen LogP contribution in [0.15, 0.2) is 127 Å². The number of hydrogen-bond donors (Lipinski definition) is 0. The Morgan fingerprint density at radius 2 is 0.800 bits per heavy atom. The molecule has 5 rings (SSSR count). The van der Waals surface area contributed by atoms with Crippen molar-refractivity contribution in [2.75, 3.05) is 0 Å². The molecule has 0 aliphatic carbocycles. The van der Waals surface area contributed by atoms with E-state index in [0.717, 1.165) is 17.5 Å². The van der Waals surface area contributed by atoms with Crippen LogP contribution < -0.4 is 0 Å². The zero-order chi connectivity index (χ0) is 28.7. The van der Waals surface area contributed by atoms with Gasteiger partial charge in [-0.25, -0.2) is 11.1 Å². The van der Waals surface area contributed by atoms with Crippen LogP contribution in [0.3, 0.4) is 0 Å². The molecule has 0 unspecified atom stereocenters. The van der Waals surface area contributed by atoms with Crippen molar-refractivity contribution < 1.29 is 32.7 Å². The average Bonchev–Trinajstić information content (AvgIpc) is 3.05. The third kappa shape index (κ3) is 13.5. The van der Waals surface area contributed by atoms with Crippen LogP contribution >= 0.6 is 0 Å².